The Kier molecular flexibility index (Phi) is 6.20. The number of nitrogens with one attached hydrogen (secondary N) is 1. The summed E-state index contributed by atoms with van der Waals surface area (Å²) in [5.41, 5.74) is -0.172. The first kappa shape index (κ1) is 17.5. The van der Waals surface area contributed by atoms with Crippen LogP contribution in [0.2, 0.25) is 0 Å². The molecule has 0 aliphatic heterocycles. The highest BCUT2D eigenvalue weighted by Crippen LogP contribution is 2.26. The summed E-state index contributed by atoms with van der Waals surface area (Å²) in [6.45, 7) is 8.10. The highest BCUT2D eigenvalue weighted by molar-refractivity contribution is 7.10. The van der Waals surface area contributed by atoms with Crippen molar-refractivity contribution in [2.45, 2.75) is 45.6 Å². The summed E-state index contributed by atoms with van der Waals surface area (Å²) in [6, 6.07) is 3.60. The molecule has 118 valence electrons. The van der Waals surface area contributed by atoms with Gasteiger partial charge in [-0.1, -0.05) is 26.8 Å². The molecule has 21 heavy (non-hydrogen) atoms. The van der Waals surface area contributed by atoms with Gasteiger partial charge in [0, 0.05) is 22.9 Å². The summed E-state index contributed by atoms with van der Waals surface area (Å²) >= 11 is 1.65. The average Bonchev–Trinajstić information content (AvgIpc) is 2.96. The van der Waals surface area contributed by atoms with Gasteiger partial charge in [-0.25, -0.2) is 4.79 Å². The molecule has 6 heteroatoms. The highest BCUT2D eigenvalue weighted by Gasteiger charge is 2.26. The monoisotopic (exact) mass is 312 g/mol. The summed E-state index contributed by atoms with van der Waals surface area (Å²) in [5, 5.41) is 13.8. The Morgan fingerprint density at radius 3 is 2.62 bits per heavy atom. The van der Waals surface area contributed by atoms with Crippen LogP contribution in [0.5, 0.6) is 0 Å². The normalized spacial score (nSPS) is 12.8. The standard InChI is InChI=1S/C15H24N2O3S/c1-5-11(2)17(9-13(18)19)14(20)16-10-15(3,4)12-7-6-8-21-12/h6-8,11H,5,9-10H2,1-4H3,(H,16,20)(H,18,19). The number of carbonyl (C=O) groups excluding carboxylic acids is 1. The molecule has 0 spiro atoms. The molecule has 1 heterocycles. The Balaban J connectivity index is 2.67. The molecule has 2 amide bonds. The lowest BCUT2D eigenvalue weighted by Gasteiger charge is -2.30. The van der Waals surface area contributed by atoms with Gasteiger partial charge in [-0.3, -0.25) is 4.79 Å². The van der Waals surface area contributed by atoms with Crippen LogP contribution in [0.15, 0.2) is 17.5 Å². The van der Waals surface area contributed by atoms with Gasteiger partial charge in [-0.15, -0.1) is 11.3 Å². The van der Waals surface area contributed by atoms with E-state index in [1.807, 2.05) is 31.4 Å². The van der Waals surface area contributed by atoms with Gasteiger partial charge in [-0.05, 0) is 24.8 Å². The van der Waals surface area contributed by atoms with Crippen molar-refractivity contribution < 1.29 is 14.7 Å². The SMILES string of the molecule is CCC(C)N(CC(=O)O)C(=O)NCC(C)(C)c1cccs1. The maximum atomic E-state index is 12.3. The molecule has 0 aromatic carbocycles. The third-order valence-corrected chi connectivity index (χ3v) is 4.79. The molecule has 5 nitrogen and oxygen atoms in total. The molecule has 0 aliphatic carbocycles. The van der Waals surface area contributed by atoms with Crippen LogP contribution in [0.4, 0.5) is 4.79 Å². The number of thiophene rings is 1. The minimum atomic E-state index is -0.997. The zero-order chi connectivity index (χ0) is 16.0. The molecule has 0 bridgehead atoms. The van der Waals surface area contributed by atoms with Gasteiger partial charge in [0.2, 0.25) is 0 Å². The van der Waals surface area contributed by atoms with Gasteiger partial charge in [0.1, 0.15) is 6.54 Å². The number of urea groups is 1. The van der Waals surface area contributed by atoms with E-state index >= 15 is 0 Å². The predicted molar refractivity (Wildman–Crippen MR) is 84.8 cm³/mol. The Hall–Kier alpha value is -1.56. The molecular weight excluding hydrogens is 288 g/mol. The van der Waals surface area contributed by atoms with E-state index < -0.39 is 5.97 Å². The molecule has 0 fully saturated rings. The summed E-state index contributed by atoms with van der Waals surface area (Å²) in [4.78, 5) is 25.7. The predicted octanol–water partition coefficient (Wildman–Crippen LogP) is 2.92. The number of carbonyl (C=O) groups is 2. The van der Waals surface area contributed by atoms with E-state index in [1.54, 1.807) is 11.3 Å². The number of carboxylic acids is 1. The zero-order valence-electron chi connectivity index (χ0n) is 13.0. The largest absolute Gasteiger partial charge is 0.480 e. The molecule has 0 aliphatic rings. The number of amides is 2. The number of hydrogen-bond donors (Lipinski definition) is 2. The molecule has 1 aromatic rings. The number of nitrogens with zero attached hydrogens (tertiary/aromatic N) is 1. The second-order valence-electron chi connectivity index (χ2n) is 5.80. The van der Waals surface area contributed by atoms with Crippen molar-refractivity contribution in [1.82, 2.24) is 10.2 Å². The molecule has 1 unspecified atom stereocenters. The van der Waals surface area contributed by atoms with Crippen molar-refractivity contribution in [2.24, 2.45) is 0 Å². The lowest BCUT2D eigenvalue weighted by molar-refractivity contribution is -0.138. The molecule has 2 N–H and O–H groups in total. The van der Waals surface area contributed by atoms with Crippen molar-refractivity contribution in [3.8, 4) is 0 Å². The van der Waals surface area contributed by atoms with E-state index in [2.05, 4.69) is 19.2 Å². The van der Waals surface area contributed by atoms with Crippen molar-refractivity contribution in [1.29, 1.82) is 0 Å². The van der Waals surface area contributed by atoms with E-state index in [9.17, 15) is 9.59 Å². The smallest absolute Gasteiger partial charge is 0.323 e. The summed E-state index contributed by atoms with van der Waals surface area (Å²) in [5.74, 6) is -0.997. The van der Waals surface area contributed by atoms with E-state index in [0.717, 1.165) is 6.42 Å². The van der Waals surface area contributed by atoms with Crippen molar-refractivity contribution in [2.75, 3.05) is 13.1 Å². The van der Waals surface area contributed by atoms with Crippen LogP contribution in [0.25, 0.3) is 0 Å². The van der Waals surface area contributed by atoms with Crippen LogP contribution in [-0.4, -0.2) is 41.1 Å². The Labute approximate surface area is 130 Å². The van der Waals surface area contributed by atoms with Gasteiger partial charge < -0.3 is 15.3 Å². The van der Waals surface area contributed by atoms with Crippen molar-refractivity contribution in [3.63, 3.8) is 0 Å². The van der Waals surface area contributed by atoms with Crippen LogP contribution in [0.1, 0.15) is 39.0 Å². The number of aliphatic carboxylic acids is 1. The maximum Gasteiger partial charge on any atom is 0.323 e. The van der Waals surface area contributed by atoms with Crippen LogP contribution in [0, 0.1) is 0 Å². The minimum absolute atomic E-state index is 0.106. The topological polar surface area (TPSA) is 69.6 Å². The summed E-state index contributed by atoms with van der Waals surface area (Å²) in [7, 11) is 0. The fourth-order valence-electron chi connectivity index (χ4n) is 1.94. The minimum Gasteiger partial charge on any atom is -0.480 e. The molecule has 1 rings (SSSR count). The molecular formula is C15H24N2O3S. The van der Waals surface area contributed by atoms with Gasteiger partial charge >= 0.3 is 12.0 Å². The average molecular weight is 312 g/mol. The van der Waals surface area contributed by atoms with E-state index in [-0.39, 0.29) is 24.0 Å². The first-order chi connectivity index (χ1) is 9.77. The lowest BCUT2D eigenvalue weighted by atomic mass is 9.91. The molecule has 1 atom stereocenters. The van der Waals surface area contributed by atoms with E-state index in [1.165, 1.54) is 9.78 Å². The van der Waals surface area contributed by atoms with Crippen molar-refractivity contribution in [3.05, 3.63) is 22.4 Å². The fourth-order valence-corrected chi connectivity index (χ4v) is 2.79. The number of hydrogen-bond acceptors (Lipinski definition) is 3. The molecule has 0 saturated carbocycles. The summed E-state index contributed by atoms with van der Waals surface area (Å²) in [6.07, 6.45) is 0.717. The first-order valence-electron chi connectivity index (χ1n) is 7.08. The quantitative estimate of drug-likeness (QED) is 0.813. The van der Waals surface area contributed by atoms with Crippen LogP contribution >= 0.6 is 11.3 Å². The highest BCUT2D eigenvalue weighted by atomic mass is 32.1. The Morgan fingerprint density at radius 1 is 1.48 bits per heavy atom. The van der Waals surface area contributed by atoms with E-state index in [4.69, 9.17) is 5.11 Å². The van der Waals surface area contributed by atoms with Crippen LogP contribution in [-0.2, 0) is 10.2 Å². The third-order valence-electron chi connectivity index (χ3n) is 3.56. The van der Waals surface area contributed by atoms with Crippen molar-refractivity contribution >= 4 is 23.3 Å². The molecule has 1 aromatic heterocycles. The van der Waals surface area contributed by atoms with Gasteiger partial charge in [0.25, 0.3) is 0 Å². The number of carboxylic acid groups (broad SMARTS) is 1. The fraction of sp³-hybridized carbons (Fsp3) is 0.600. The lowest BCUT2D eigenvalue weighted by Crippen LogP contribution is -2.49. The van der Waals surface area contributed by atoms with Gasteiger partial charge in [0.05, 0.1) is 0 Å². The zero-order valence-corrected chi connectivity index (χ0v) is 13.9. The van der Waals surface area contributed by atoms with Crippen LogP contribution in [0.3, 0.4) is 0 Å². The van der Waals surface area contributed by atoms with Crippen LogP contribution < -0.4 is 5.32 Å². The Bertz CT molecular complexity index is 471. The maximum absolute atomic E-state index is 12.3. The third kappa shape index (κ3) is 5.04. The second-order valence-corrected chi connectivity index (χ2v) is 6.75. The van der Waals surface area contributed by atoms with E-state index in [0.29, 0.717) is 6.54 Å². The first-order valence-corrected chi connectivity index (χ1v) is 7.96. The van der Waals surface area contributed by atoms with Gasteiger partial charge in [-0.2, -0.15) is 0 Å². The second kappa shape index (κ2) is 7.45. The summed E-state index contributed by atoms with van der Waals surface area (Å²) < 4.78 is 0. The Morgan fingerprint density at radius 2 is 2.14 bits per heavy atom. The number of rotatable bonds is 7. The molecule has 0 saturated heterocycles. The van der Waals surface area contributed by atoms with Gasteiger partial charge in [0.15, 0.2) is 0 Å². The molecule has 0 radical (unpaired) electrons.